The van der Waals surface area contributed by atoms with Crippen LogP contribution in [0.4, 0.5) is 0 Å². The molecule has 1 aliphatic rings. The molecule has 0 aliphatic heterocycles. The van der Waals surface area contributed by atoms with Gasteiger partial charge in [0.15, 0.2) is 5.76 Å². The number of amides is 2. The van der Waals surface area contributed by atoms with Gasteiger partial charge in [-0.3, -0.25) is 9.59 Å². The number of hydrogen-bond donors (Lipinski definition) is 1. The van der Waals surface area contributed by atoms with Crippen LogP contribution < -0.4 is 5.32 Å². The molecule has 6 heteroatoms. The lowest BCUT2D eigenvalue weighted by Crippen LogP contribution is -2.36. The van der Waals surface area contributed by atoms with E-state index in [4.69, 9.17) is 4.42 Å². The minimum Gasteiger partial charge on any atom is -0.454 e. The Labute approximate surface area is 192 Å². The Bertz CT molecular complexity index is 848. The van der Waals surface area contributed by atoms with E-state index in [1.807, 2.05) is 23.2 Å². The third-order valence-electron chi connectivity index (χ3n) is 6.31. The SMILES string of the molecule is CCCCCCNC(=O)c1ccc(Cn2cccc2CN(CCC)C(=O)C2CCCC2)o1. The van der Waals surface area contributed by atoms with Gasteiger partial charge in [0.25, 0.3) is 5.91 Å². The van der Waals surface area contributed by atoms with Crippen molar-refractivity contribution in [2.45, 2.75) is 84.7 Å². The van der Waals surface area contributed by atoms with E-state index in [0.717, 1.165) is 50.1 Å². The fraction of sp³-hybridized carbons (Fsp3) is 0.615. The summed E-state index contributed by atoms with van der Waals surface area (Å²) in [7, 11) is 0. The van der Waals surface area contributed by atoms with Crippen LogP contribution in [0.25, 0.3) is 0 Å². The summed E-state index contributed by atoms with van der Waals surface area (Å²) in [6.07, 6.45) is 11.8. The first-order valence-corrected chi connectivity index (χ1v) is 12.4. The van der Waals surface area contributed by atoms with E-state index < -0.39 is 0 Å². The first-order valence-electron chi connectivity index (χ1n) is 12.4. The van der Waals surface area contributed by atoms with Gasteiger partial charge < -0.3 is 19.2 Å². The van der Waals surface area contributed by atoms with Gasteiger partial charge in [-0.2, -0.15) is 0 Å². The van der Waals surface area contributed by atoms with Gasteiger partial charge in [0.2, 0.25) is 5.91 Å². The van der Waals surface area contributed by atoms with Crippen molar-refractivity contribution < 1.29 is 14.0 Å². The van der Waals surface area contributed by atoms with Crippen molar-refractivity contribution >= 4 is 11.8 Å². The Hall–Kier alpha value is -2.50. The Morgan fingerprint density at radius 1 is 1.09 bits per heavy atom. The molecule has 2 aromatic rings. The van der Waals surface area contributed by atoms with Crippen LogP contribution in [-0.4, -0.2) is 34.4 Å². The Balaban J connectivity index is 1.57. The van der Waals surface area contributed by atoms with Crippen LogP contribution in [0.15, 0.2) is 34.9 Å². The molecule has 1 N–H and O–H groups in total. The average molecular weight is 442 g/mol. The van der Waals surface area contributed by atoms with E-state index in [2.05, 4.69) is 29.8 Å². The summed E-state index contributed by atoms with van der Waals surface area (Å²) < 4.78 is 7.93. The molecule has 1 saturated carbocycles. The second-order valence-corrected chi connectivity index (χ2v) is 8.95. The summed E-state index contributed by atoms with van der Waals surface area (Å²) in [5.74, 6) is 1.43. The highest BCUT2D eigenvalue weighted by Crippen LogP contribution is 2.27. The zero-order valence-electron chi connectivity index (χ0n) is 19.8. The number of hydrogen-bond acceptors (Lipinski definition) is 3. The topological polar surface area (TPSA) is 67.5 Å². The smallest absolute Gasteiger partial charge is 0.286 e. The number of rotatable bonds is 13. The van der Waals surface area contributed by atoms with E-state index in [9.17, 15) is 9.59 Å². The average Bonchev–Trinajstić information content (AvgIpc) is 3.56. The van der Waals surface area contributed by atoms with Crippen LogP contribution >= 0.6 is 0 Å². The third kappa shape index (κ3) is 6.75. The van der Waals surface area contributed by atoms with Gasteiger partial charge in [0, 0.05) is 30.9 Å². The first-order chi connectivity index (χ1) is 15.6. The molecule has 0 aromatic carbocycles. The third-order valence-corrected chi connectivity index (χ3v) is 6.31. The van der Waals surface area contributed by atoms with Crippen LogP contribution in [0.2, 0.25) is 0 Å². The number of furan rings is 1. The lowest BCUT2D eigenvalue weighted by Gasteiger charge is -2.26. The van der Waals surface area contributed by atoms with E-state index in [1.54, 1.807) is 6.07 Å². The number of carbonyl (C=O) groups is 2. The standard InChI is InChI=1S/C26H39N3O3/c1-3-5-6-9-16-27-25(30)24-15-14-23(32-24)20-28-18-10-13-22(28)19-29(17-4-2)26(31)21-11-7-8-12-21/h10,13-15,18,21H,3-9,11-12,16-17,19-20H2,1-2H3,(H,27,30). The highest BCUT2D eigenvalue weighted by molar-refractivity contribution is 5.91. The van der Waals surface area contributed by atoms with Crippen molar-refractivity contribution in [2.24, 2.45) is 5.92 Å². The fourth-order valence-corrected chi connectivity index (χ4v) is 4.50. The normalized spacial score (nSPS) is 14.1. The number of unbranched alkanes of at least 4 members (excludes halogenated alkanes) is 3. The summed E-state index contributed by atoms with van der Waals surface area (Å²) in [5.41, 5.74) is 1.09. The van der Waals surface area contributed by atoms with Crippen LogP contribution in [0, 0.1) is 5.92 Å². The van der Waals surface area contributed by atoms with Crippen LogP contribution in [0.3, 0.4) is 0 Å². The maximum Gasteiger partial charge on any atom is 0.286 e. The summed E-state index contributed by atoms with van der Waals surface area (Å²) >= 11 is 0. The highest BCUT2D eigenvalue weighted by Gasteiger charge is 2.27. The molecule has 0 radical (unpaired) electrons. The highest BCUT2D eigenvalue weighted by atomic mass is 16.4. The molecule has 176 valence electrons. The number of nitrogens with zero attached hydrogens (tertiary/aromatic N) is 2. The summed E-state index contributed by atoms with van der Waals surface area (Å²) in [6, 6.07) is 7.68. The van der Waals surface area contributed by atoms with Gasteiger partial charge in [-0.25, -0.2) is 0 Å². The van der Waals surface area contributed by atoms with E-state index in [0.29, 0.717) is 31.3 Å². The minimum absolute atomic E-state index is 0.156. The van der Waals surface area contributed by atoms with Crippen molar-refractivity contribution in [3.8, 4) is 0 Å². The summed E-state index contributed by atoms with van der Waals surface area (Å²) in [4.78, 5) is 27.3. The molecule has 2 heterocycles. The molecule has 1 fully saturated rings. The lowest BCUT2D eigenvalue weighted by atomic mass is 10.1. The van der Waals surface area contributed by atoms with Crippen molar-refractivity contribution in [2.75, 3.05) is 13.1 Å². The van der Waals surface area contributed by atoms with Gasteiger partial charge in [0.05, 0.1) is 13.1 Å². The van der Waals surface area contributed by atoms with Crippen molar-refractivity contribution in [1.82, 2.24) is 14.8 Å². The molecule has 6 nitrogen and oxygen atoms in total. The molecule has 2 aromatic heterocycles. The second kappa shape index (κ2) is 12.5. The van der Waals surface area contributed by atoms with Gasteiger partial charge >= 0.3 is 0 Å². The molecule has 0 unspecified atom stereocenters. The van der Waals surface area contributed by atoms with Crippen molar-refractivity contribution in [1.29, 1.82) is 0 Å². The quantitative estimate of drug-likeness (QED) is 0.425. The molecular weight excluding hydrogens is 402 g/mol. The molecule has 0 saturated heterocycles. The molecule has 0 spiro atoms. The predicted molar refractivity (Wildman–Crippen MR) is 126 cm³/mol. The van der Waals surface area contributed by atoms with E-state index in [1.165, 1.54) is 25.7 Å². The predicted octanol–water partition coefficient (Wildman–Crippen LogP) is 5.37. The van der Waals surface area contributed by atoms with Gasteiger partial charge in [0.1, 0.15) is 5.76 Å². The van der Waals surface area contributed by atoms with E-state index >= 15 is 0 Å². The largest absolute Gasteiger partial charge is 0.454 e. The van der Waals surface area contributed by atoms with Crippen LogP contribution in [0.5, 0.6) is 0 Å². The van der Waals surface area contributed by atoms with E-state index in [-0.39, 0.29) is 11.8 Å². The number of nitrogens with one attached hydrogen (secondary N) is 1. The summed E-state index contributed by atoms with van der Waals surface area (Å²) in [5, 5.41) is 2.94. The maximum absolute atomic E-state index is 13.0. The molecule has 3 rings (SSSR count). The minimum atomic E-state index is -0.156. The molecule has 0 atom stereocenters. The Morgan fingerprint density at radius 2 is 1.91 bits per heavy atom. The molecule has 1 aliphatic carbocycles. The zero-order valence-corrected chi connectivity index (χ0v) is 19.8. The summed E-state index contributed by atoms with van der Waals surface area (Å²) in [6.45, 7) is 6.91. The monoisotopic (exact) mass is 441 g/mol. The van der Waals surface area contributed by atoms with Gasteiger partial charge in [-0.15, -0.1) is 0 Å². The van der Waals surface area contributed by atoms with Gasteiger partial charge in [-0.1, -0.05) is 46.0 Å². The maximum atomic E-state index is 13.0. The fourth-order valence-electron chi connectivity index (χ4n) is 4.50. The van der Waals surface area contributed by atoms with Crippen LogP contribution in [-0.2, 0) is 17.9 Å². The number of aromatic nitrogens is 1. The first kappa shape index (κ1) is 24.1. The van der Waals surface area contributed by atoms with Crippen molar-refractivity contribution in [3.05, 3.63) is 47.7 Å². The van der Waals surface area contributed by atoms with Gasteiger partial charge in [-0.05, 0) is 49.9 Å². The zero-order chi connectivity index (χ0) is 22.8. The Morgan fingerprint density at radius 3 is 2.66 bits per heavy atom. The molecular formula is C26H39N3O3. The second-order valence-electron chi connectivity index (χ2n) is 8.95. The molecule has 0 bridgehead atoms. The number of carbonyl (C=O) groups excluding carboxylic acids is 2. The molecule has 32 heavy (non-hydrogen) atoms. The van der Waals surface area contributed by atoms with Crippen molar-refractivity contribution in [3.63, 3.8) is 0 Å². The lowest BCUT2D eigenvalue weighted by molar-refractivity contribution is -0.136. The Kier molecular flexibility index (Phi) is 9.44. The van der Waals surface area contributed by atoms with Crippen LogP contribution in [0.1, 0.15) is 93.6 Å². The molecule has 2 amide bonds.